The average molecular weight is 398 g/mol. The first kappa shape index (κ1) is 18.4. The van der Waals surface area contributed by atoms with Gasteiger partial charge in [0.15, 0.2) is 5.13 Å². The zero-order chi connectivity index (χ0) is 19.8. The molecule has 0 saturated carbocycles. The Balaban J connectivity index is 1.62. The van der Waals surface area contributed by atoms with Crippen molar-refractivity contribution in [3.05, 3.63) is 56.4 Å². The van der Waals surface area contributed by atoms with E-state index in [1.165, 1.54) is 11.3 Å². The second-order valence-corrected chi connectivity index (χ2v) is 7.59. The highest BCUT2D eigenvalue weighted by Crippen LogP contribution is 2.39. The number of hydrogen-bond acceptors (Lipinski definition) is 7. The van der Waals surface area contributed by atoms with Crippen LogP contribution in [0.3, 0.4) is 0 Å². The number of nitrogens with one attached hydrogen (secondary N) is 1. The van der Waals surface area contributed by atoms with Gasteiger partial charge in [0.1, 0.15) is 17.1 Å². The molecule has 144 valence electrons. The van der Waals surface area contributed by atoms with E-state index in [-0.39, 0.29) is 11.5 Å². The summed E-state index contributed by atoms with van der Waals surface area (Å²) in [5, 5.41) is 3.74. The number of ether oxygens (including phenoxy) is 1. The number of nitrogens with zero attached hydrogens (tertiary/aromatic N) is 1. The molecule has 0 unspecified atom stereocenters. The van der Waals surface area contributed by atoms with Crippen LogP contribution in [-0.4, -0.2) is 23.5 Å². The molecule has 0 bridgehead atoms. The quantitative estimate of drug-likeness (QED) is 0.534. The molecule has 1 aromatic carbocycles. The fourth-order valence-corrected chi connectivity index (χ4v) is 4.51. The van der Waals surface area contributed by atoms with E-state index < -0.39 is 17.5 Å². The standard InChI is InChI=1S/C20H18N2O5S/c1-3-26-18(24)12-8-9-14-16(12)21-20(28-14)22-17(23)15-10(2)11-6-4-5-7-13(11)27-19(15)25/h4-7,12H,3,8-9H2,1-2H3,(H,21,22,23)/t12-/m1/s1. The zero-order valence-electron chi connectivity index (χ0n) is 15.4. The molecular weight excluding hydrogens is 380 g/mol. The van der Waals surface area contributed by atoms with E-state index in [0.717, 1.165) is 4.88 Å². The van der Waals surface area contributed by atoms with Gasteiger partial charge in [-0.3, -0.25) is 14.9 Å². The topological polar surface area (TPSA) is 98.5 Å². The Kier molecular flexibility index (Phi) is 4.72. The first-order chi connectivity index (χ1) is 13.5. The smallest absolute Gasteiger partial charge is 0.349 e. The maximum Gasteiger partial charge on any atom is 0.349 e. The summed E-state index contributed by atoms with van der Waals surface area (Å²) in [6, 6.07) is 7.07. The molecule has 3 aromatic rings. The molecule has 0 radical (unpaired) electrons. The lowest BCUT2D eigenvalue weighted by Crippen LogP contribution is -2.22. The molecule has 2 heterocycles. The van der Waals surface area contributed by atoms with E-state index >= 15 is 0 Å². The van der Waals surface area contributed by atoms with Gasteiger partial charge in [-0.1, -0.05) is 18.2 Å². The lowest BCUT2D eigenvalue weighted by atomic mass is 10.1. The lowest BCUT2D eigenvalue weighted by Gasteiger charge is -2.08. The molecule has 0 saturated heterocycles. The van der Waals surface area contributed by atoms with E-state index in [4.69, 9.17) is 9.15 Å². The van der Waals surface area contributed by atoms with Crippen molar-refractivity contribution < 1.29 is 18.7 Å². The van der Waals surface area contributed by atoms with Gasteiger partial charge in [-0.05, 0) is 38.3 Å². The van der Waals surface area contributed by atoms with E-state index in [1.54, 1.807) is 32.0 Å². The zero-order valence-corrected chi connectivity index (χ0v) is 16.2. The Labute approximate surface area is 164 Å². The number of carbonyl (C=O) groups is 2. The number of hydrogen-bond donors (Lipinski definition) is 1. The van der Waals surface area contributed by atoms with Gasteiger partial charge in [-0.2, -0.15) is 0 Å². The molecule has 1 atom stereocenters. The van der Waals surface area contributed by atoms with Gasteiger partial charge in [0.05, 0.1) is 12.3 Å². The average Bonchev–Trinajstić information content (AvgIpc) is 3.21. The largest absolute Gasteiger partial charge is 0.465 e. The normalized spacial score (nSPS) is 15.4. The summed E-state index contributed by atoms with van der Waals surface area (Å²) in [4.78, 5) is 42.5. The minimum atomic E-state index is -0.692. The summed E-state index contributed by atoms with van der Waals surface area (Å²) in [5.41, 5.74) is 0.907. The number of anilines is 1. The molecule has 0 aliphatic heterocycles. The fraction of sp³-hybridized carbons (Fsp3) is 0.300. The van der Waals surface area contributed by atoms with Gasteiger partial charge in [0.2, 0.25) is 0 Å². The van der Waals surface area contributed by atoms with Crippen LogP contribution >= 0.6 is 11.3 Å². The fourth-order valence-electron chi connectivity index (χ4n) is 3.48. The number of esters is 1. The molecule has 4 rings (SSSR count). The maximum absolute atomic E-state index is 12.7. The minimum Gasteiger partial charge on any atom is -0.465 e. The molecule has 1 aliphatic carbocycles. The highest BCUT2D eigenvalue weighted by Gasteiger charge is 2.34. The van der Waals surface area contributed by atoms with Crippen LogP contribution in [-0.2, 0) is 16.0 Å². The summed E-state index contributed by atoms with van der Waals surface area (Å²) in [6.45, 7) is 3.79. The van der Waals surface area contributed by atoms with Crippen LogP contribution < -0.4 is 10.9 Å². The number of para-hydroxylation sites is 1. The molecule has 1 N–H and O–H groups in total. The van der Waals surface area contributed by atoms with E-state index in [9.17, 15) is 14.4 Å². The van der Waals surface area contributed by atoms with Crippen molar-refractivity contribution in [2.45, 2.75) is 32.6 Å². The highest BCUT2D eigenvalue weighted by molar-refractivity contribution is 7.16. The number of carbonyl (C=O) groups excluding carboxylic acids is 2. The van der Waals surface area contributed by atoms with Crippen LogP contribution in [0.25, 0.3) is 11.0 Å². The number of amides is 1. The molecular formula is C20H18N2O5S. The van der Waals surface area contributed by atoms with Crippen molar-refractivity contribution in [1.82, 2.24) is 4.98 Å². The summed E-state index contributed by atoms with van der Waals surface area (Å²) < 4.78 is 10.4. The Hall–Kier alpha value is -3.00. The van der Waals surface area contributed by atoms with Crippen molar-refractivity contribution in [1.29, 1.82) is 0 Å². The Morgan fingerprint density at radius 1 is 1.36 bits per heavy atom. The number of fused-ring (bicyclic) bond motifs is 2. The Bertz CT molecular complexity index is 1150. The molecule has 7 nitrogen and oxygen atoms in total. The third-order valence-electron chi connectivity index (χ3n) is 4.81. The van der Waals surface area contributed by atoms with Crippen molar-refractivity contribution in [2.75, 3.05) is 11.9 Å². The molecule has 0 spiro atoms. The van der Waals surface area contributed by atoms with Crippen LogP contribution in [0, 0.1) is 6.92 Å². The Morgan fingerprint density at radius 2 is 2.14 bits per heavy atom. The van der Waals surface area contributed by atoms with Crippen LogP contribution in [0.4, 0.5) is 5.13 Å². The van der Waals surface area contributed by atoms with Gasteiger partial charge in [-0.15, -0.1) is 11.3 Å². The van der Waals surface area contributed by atoms with Crippen molar-refractivity contribution in [3.8, 4) is 0 Å². The first-order valence-electron chi connectivity index (χ1n) is 8.99. The number of rotatable bonds is 4. The van der Waals surface area contributed by atoms with Crippen molar-refractivity contribution >= 4 is 39.3 Å². The van der Waals surface area contributed by atoms with E-state index in [2.05, 4.69) is 10.3 Å². The lowest BCUT2D eigenvalue weighted by molar-refractivity contribution is -0.145. The van der Waals surface area contributed by atoms with E-state index in [0.29, 0.717) is 46.8 Å². The number of aryl methyl sites for hydroxylation is 2. The number of thiazole rings is 1. The van der Waals surface area contributed by atoms with Crippen LogP contribution in [0.2, 0.25) is 0 Å². The van der Waals surface area contributed by atoms with Gasteiger partial charge >= 0.3 is 11.6 Å². The van der Waals surface area contributed by atoms with Gasteiger partial charge in [0.25, 0.3) is 5.91 Å². The van der Waals surface area contributed by atoms with E-state index in [1.807, 2.05) is 6.07 Å². The monoisotopic (exact) mass is 398 g/mol. The summed E-state index contributed by atoms with van der Waals surface area (Å²) >= 11 is 1.32. The predicted octanol–water partition coefficient (Wildman–Crippen LogP) is 3.40. The molecule has 1 amide bonds. The third kappa shape index (κ3) is 3.09. The van der Waals surface area contributed by atoms with Crippen molar-refractivity contribution in [3.63, 3.8) is 0 Å². The third-order valence-corrected chi connectivity index (χ3v) is 5.86. The molecule has 1 aliphatic rings. The van der Waals surface area contributed by atoms with Crippen LogP contribution in [0.15, 0.2) is 33.5 Å². The maximum atomic E-state index is 12.7. The van der Waals surface area contributed by atoms with Gasteiger partial charge < -0.3 is 9.15 Å². The predicted molar refractivity (Wildman–Crippen MR) is 105 cm³/mol. The Morgan fingerprint density at radius 3 is 2.93 bits per heavy atom. The molecule has 0 fully saturated rings. The van der Waals surface area contributed by atoms with Crippen molar-refractivity contribution in [2.24, 2.45) is 0 Å². The SMILES string of the molecule is CCOC(=O)[C@@H]1CCc2sc(NC(=O)c3c(C)c4ccccc4oc3=O)nc21. The second kappa shape index (κ2) is 7.20. The second-order valence-electron chi connectivity index (χ2n) is 6.51. The molecule has 28 heavy (non-hydrogen) atoms. The highest BCUT2D eigenvalue weighted by atomic mass is 32.1. The van der Waals surface area contributed by atoms with Gasteiger partial charge in [-0.25, -0.2) is 9.78 Å². The summed E-state index contributed by atoms with van der Waals surface area (Å²) in [5.74, 6) is -1.27. The number of benzene rings is 1. The van der Waals surface area contributed by atoms with Gasteiger partial charge in [0, 0.05) is 10.3 Å². The molecule has 8 heteroatoms. The van der Waals surface area contributed by atoms with Crippen LogP contribution in [0.1, 0.15) is 45.8 Å². The number of aromatic nitrogens is 1. The summed E-state index contributed by atoms with van der Waals surface area (Å²) in [6.07, 6.45) is 1.37. The minimum absolute atomic E-state index is 0.0454. The van der Waals surface area contributed by atoms with Crippen LogP contribution in [0.5, 0.6) is 0 Å². The molecule has 2 aromatic heterocycles. The summed E-state index contributed by atoms with van der Waals surface area (Å²) in [7, 11) is 0. The first-order valence-corrected chi connectivity index (χ1v) is 9.81.